The maximum atomic E-state index is 3.78. The second-order valence-corrected chi connectivity index (χ2v) is 2.05. The van der Waals surface area contributed by atoms with Gasteiger partial charge in [-0.1, -0.05) is 67.5 Å². The van der Waals surface area contributed by atoms with Crippen molar-refractivity contribution in [2.45, 2.75) is 55.4 Å². The molecule has 0 amide bonds. The lowest BCUT2D eigenvalue weighted by Gasteiger charge is -1.70. The maximum Gasteiger partial charge on any atom is 0.0267 e. The smallest absolute Gasteiger partial charge is 0.0267 e. The van der Waals surface area contributed by atoms with E-state index in [-0.39, 0.29) is 0 Å². The molecule has 0 aliphatic heterocycles. The molecule has 2 heterocycles. The predicted molar refractivity (Wildman–Crippen MR) is 93.9 cm³/mol. The number of rotatable bonds is 0. The highest BCUT2D eigenvalue weighted by molar-refractivity contribution is 4.88. The van der Waals surface area contributed by atoms with Crippen LogP contribution < -0.4 is 0 Å². The maximum absolute atomic E-state index is 3.78. The van der Waals surface area contributed by atoms with Crippen LogP contribution >= 0.6 is 0 Å². The first-order valence-electron chi connectivity index (χ1n) is 7.70. The van der Waals surface area contributed by atoms with Crippen LogP contribution in [0, 0.1) is 0 Å². The summed E-state index contributed by atoms with van der Waals surface area (Å²) in [4.78, 5) is 7.57. The van der Waals surface area contributed by atoms with Gasteiger partial charge in [-0.3, -0.25) is 9.97 Å². The second-order valence-electron chi connectivity index (χ2n) is 2.05. The minimum Gasteiger partial charge on any atom is -0.265 e. The minimum atomic E-state index is 1.75. The van der Waals surface area contributed by atoms with Crippen molar-refractivity contribution in [1.82, 2.24) is 9.97 Å². The molecule has 2 rings (SSSR count). The Morgan fingerprint density at radius 3 is 0.600 bits per heavy atom. The fraction of sp³-hybridized carbons (Fsp3) is 0.444. The largest absolute Gasteiger partial charge is 0.265 e. The first-order chi connectivity index (χ1) is 10.0. The molecule has 0 spiro atoms. The van der Waals surface area contributed by atoms with E-state index in [9.17, 15) is 0 Å². The Morgan fingerprint density at radius 2 is 0.550 bits per heavy atom. The van der Waals surface area contributed by atoms with Gasteiger partial charge in [-0.15, -0.1) is 0 Å². The molecule has 0 unspecified atom stereocenters. The highest BCUT2D eigenvalue weighted by Gasteiger charge is 1.59. The molecule has 0 aromatic carbocycles. The van der Waals surface area contributed by atoms with E-state index in [4.69, 9.17) is 0 Å². The normalized spacial score (nSPS) is 6.00. The molecule has 2 heteroatoms. The molecule has 2 nitrogen and oxygen atoms in total. The molecule has 0 saturated heterocycles. The topological polar surface area (TPSA) is 25.8 Å². The number of aromatic nitrogens is 2. The Hall–Kier alpha value is -1.70. The van der Waals surface area contributed by atoms with Crippen LogP contribution in [0.25, 0.3) is 0 Å². The summed E-state index contributed by atoms with van der Waals surface area (Å²) in [5.74, 6) is 0. The lowest BCUT2D eigenvalue weighted by atomic mass is 10.5. The van der Waals surface area contributed by atoms with Gasteiger partial charge in [0, 0.05) is 24.8 Å². The Balaban J connectivity index is -0.0000000863. The van der Waals surface area contributed by atoms with Crippen molar-refractivity contribution in [3.8, 4) is 0 Å². The van der Waals surface area contributed by atoms with Gasteiger partial charge in [0.25, 0.3) is 0 Å². The third-order valence-corrected chi connectivity index (χ3v) is 1.13. The van der Waals surface area contributed by atoms with E-state index in [0.29, 0.717) is 0 Å². The zero-order valence-electron chi connectivity index (χ0n) is 14.7. The molecular formula is C18H34N2. The van der Waals surface area contributed by atoms with E-state index in [1.807, 2.05) is 91.8 Å². The Kier molecular flexibility index (Phi) is 58.0. The molecular weight excluding hydrogens is 244 g/mol. The Bertz CT molecular complexity index is 185. The Labute approximate surface area is 127 Å². The van der Waals surface area contributed by atoms with Crippen molar-refractivity contribution in [2.75, 3.05) is 0 Å². The van der Waals surface area contributed by atoms with Crippen LogP contribution in [0.5, 0.6) is 0 Å². The van der Waals surface area contributed by atoms with Crippen LogP contribution in [0.2, 0.25) is 0 Å². The van der Waals surface area contributed by atoms with Gasteiger partial charge in [0.15, 0.2) is 0 Å². The first-order valence-corrected chi connectivity index (χ1v) is 7.70. The van der Waals surface area contributed by atoms with Gasteiger partial charge in [0.2, 0.25) is 0 Å². The van der Waals surface area contributed by atoms with E-state index < -0.39 is 0 Å². The molecule has 0 atom stereocenters. The molecule has 0 fully saturated rings. The van der Waals surface area contributed by atoms with Gasteiger partial charge in [-0.05, 0) is 24.3 Å². The van der Waals surface area contributed by atoms with Gasteiger partial charge < -0.3 is 0 Å². The van der Waals surface area contributed by atoms with Crippen molar-refractivity contribution >= 4 is 0 Å². The van der Waals surface area contributed by atoms with Crippen LogP contribution in [-0.4, -0.2) is 9.97 Å². The van der Waals surface area contributed by atoms with Crippen molar-refractivity contribution in [3.05, 3.63) is 61.2 Å². The van der Waals surface area contributed by atoms with Crippen molar-refractivity contribution in [1.29, 1.82) is 0 Å². The van der Waals surface area contributed by atoms with Crippen molar-refractivity contribution in [3.63, 3.8) is 0 Å². The molecule has 0 radical (unpaired) electrons. The van der Waals surface area contributed by atoms with Crippen LogP contribution in [0.15, 0.2) is 61.2 Å². The fourth-order valence-corrected chi connectivity index (χ4v) is 0.625. The monoisotopic (exact) mass is 278 g/mol. The SMILES string of the molecule is CC.CC.CC.CC.c1ccncc1.c1ccncc1. The lowest BCUT2D eigenvalue weighted by Crippen LogP contribution is -1.58. The molecule has 116 valence electrons. The quantitative estimate of drug-likeness (QED) is 0.567. The molecule has 0 aliphatic rings. The van der Waals surface area contributed by atoms with E-state index in [1.165, 1.54) is 0 Å². The van der Waals surface area contributed by atoms with Gasteiger partial charge in [-0.25, -0.2) is 0 Å². The van der Waals surface area contributed by atoms with Gasteiger partial charge in [0.1, 0.15) is 0 Å². The zero-order valence-corrected chi connectivity index (χ0v) is 14.7. The third kappa shape index (κ3) is 36.0. The second kappa shape index (κ2) is 43.3. The summed E-state index contributed by atoms with van der Waals surface area (Å²) in [6.45, 7) is 16.0. The number of pyridine rings is 2. The summed E-state index contributed by atoms with van der Waals surface area (Å²) in [6, 6.07) is 11.4. The lowest BCUT2D eigenvalue weighted by molar-refractivity contribution is 1.33. The summed E-state index contributed by atoms with van der Waals surface area (Å²) in [7, 11) is 0. The average molecular weight is 278 g/mol. The van der Waals surface area contributed by atoms with Crippen LogP contribution in [0.1, 0.15) is 55.4 Å². The molecule has 20 heavy (non-hydrogen) atoms. The number of hydrogen-bond donors (Lipinski definition) is 0. The van der Waals surface area contributed by atoms with E-state index in [1.54, 1.807) is 24.8 Å². The molecule has 2 aromatic rings. The molecule has 2 aromatic heterocycles. The zero-order chi connectivity index (χ0) is 16.5. The van der Waals surface area contributed by atoms with Crippen LogP contribution in [-0.2, 0) is 0 Å². The van der Waals surface area contributed by atoms with Crippen LogP contribution in [0.4, 0.5) is 0 Å². The minimum absolute atomic E-state index is 1.75. The standard InChI is InChI=1S/2C5H5N.4C2H6/c2*1-2-4-6-5-3-1;4*1-2/h2*1-5H;4*1-2H3. The van der Waals surface area contributed by atoms with E-state index in [0.717, 1.165) is 0 Å². The van der Waals surface area contributed by atoms with Crippen molar-refractivity contribution in [2.24, 2.45) is 0 Å². The van der Waals surface area contributed by atoms with Crippen molar-refractivity contribution < 1.29 is 0 Å². The molecule has 0 aliphatic carbocycles. The highest BCUT2D eigenvalue weighted by atomic mass is 14.6. The van der Waals surface area contributed by atoms with Gasteiger partial charge >= 0.3 is 0 Å². The first kappa shape index (κ1) is 26.8. The summed E-state index contributed by atoms with van der Waals surface area (Å²) in [5, 5.41) is 0. The summed E-state index contributed by atoms with van der Waals surface area (Å²) in [6.07, 6.45) is 7.00. The Morgan fingerprint density at radius 1 is 0.350 bits per heavy atom. The van der Waals surface area contributed by atoms with Crippen LogP contribution in [0.3, 0.4) is 0 Å². The molecule has 0 N–H and O–H groups in total. The van der Waals surface area contributed by atoms with E-state index >= 15 is 0 Å². The summed E-state index contributed by atoms with van der Waals surface area (Å²) < 4.78 is 0. The summed E-state index contributed by atoms with van der Waals surface area (Å²) >= 11 is 0. The summed E-state index contributed by atoms with van der Waals surface area (Å²) in [5.41, 5.74) is 0. The highest BCUT2D eigenvalue weighted by Crippen LogP contribution is 1.74. The van der Waals surface area contributed by atoms with E-state index in [2.05, 4.69) is 9.97 Å². The molecule has 0 bridgehead atoms. The number of nitrogens with zero attached hydrogens (tertiary/aromatic N) is 2. The molecule has 0 saturated carbocycles. The predicted octanol–water partition coefficient (Wildman–Crippen LogP) is 6.27. The fourth-order valence-electron chi connectivity index (χ4n) is 0.625. The van der Waals surface area contributed by atoms with Gasteiger partial charge in [0.05, 0.1) is 0 Å². The average Bonchev–Trinajstić information content (AvgIpc) is 2.65. The van der Waals surface area contributed by atoms with Gasteiger partial charge in [-0.2, -0.15) is 0 Å². The number of hydrogen-bond acceptors (Lipinski definition) is 2. The third-order valence-electron chi connectivity index (χ3n) is 1.13.